The third-order valence-electron chi connectivity index (χ3n) is 5.10. The van der Waals surface area contributed by atoms with Crippen LogP contribution in [-0.4, -0.2) is 40.9 Å². The number of aromatic nitrogens is 2. The summed E-state index contributed by atoms with van der Waals surface area (Å²) < 4.78 is 12.1. The Kier molecular flexibility index (Phi) is 6.15. The lowest BCUT2D eigenvalue weighted by Gasteiger charge is -2.09. The number of carboxylic acids is 1. The zero-order valence-corrected chi connectivity index (χ0v) is 18.5. The average molecular weight is 463 g/mol. The predicted octanol–water partition coefficient (Wildman–Crippen LogP) is 5.14. The van der Waals surface area contributed by atoms with Gasteiger partial charge in [0.2, 0.25) is 5.78 Å². The van der Waals surface area contributed by atoms with Gasteiger partial charge in [0.25, 0.3) is 0 Å². The Morgan fingerprint density at radius 1 is 0.879 bits per heavy atom. The normalized spacial score (nSPS) is 10.6. The molecule has 0 aliphatic heterocycles. The summed E-state index contributed by atoms with van der Waals surface area (Å²) >= 11 is 5.95. The van der Waals surface area contributed by atoms with Crippen molar-refractivity contribution in [2.75, 3.05) is 14.2 Å². The highest BCUT2D eigenvalue weighted by Gasteiger charge is 2.20. The van der Waals surface area contributed by atoms with Gasteiger partial charge in [-0.25, -0.2) is 9.48 Å². The maximum Gasteiger partial charge on any atom is 0.337 e. The van der Waals surface area contributed by atoms with Crippen molar-refractivity contribution in [3.05, 3.63) is 94.6 Å². The Balaban J connectivity index is 1.82. The van der Waals surface area contributed by atoms with Gasteiger partial charge in [-0.05, 0) is 72.8 Å². The van der Waals surface area contributed by atoms with Crippen molar-refractivity contribution < 1.29 is 24.2 Å². The molecule has 4 rings (SSSR count). The second-order valence-corrected chi connectivity index (χ2v) is 7.49. The fourth-order valence-electron chi connectivity index (χ4n) is 3.36. The van der Waals surface area contributed by atoms with Crippen LogP contribution >= 0.6 is 11.6 Å². The molecule has 166 valence electrons. The Morgan fingerprint density at radius 3 is 2.06 bits per heavy atom. The summed E-state index contributed by atoms with van der Waals surface area (Å²) in [6, 6.07) is 20.4. The molecule has 0 unspecified atom stereocenters. The molecule has 0 amide bonds. The van der Waals surface area contributed by atoms with Crippen molar-refractivity contribution in [3.63, 3.8) is 0 Å². The van der Waals surface area contributed by atoms with E-state index in [9.17, 15) is 14.7 Å². The van der Waals surface area contributed by atoms with Crippen LogP contribution in [0.1, 0.15) is 26.4 Å². The molecular formula is C25H19ClN2O5. The quantitative estimate of drug-likeness (QED) is 0.382. The number of hydrogen-bond acceptors (Lipinski definition) is 5. The Morgan fingerprint density at radius 2 is 1.48 bits per heavy atom. The van der Waals surface area contributed by atoms with Crippen LogP contribution < -0.4 is 9.47 Å². The Hall–Kier alpha value is -4.10. The third-order valence-corrected chi connectivity index (χ3v) is 5.43. The van der Waals surface area contributed by atoms with Crippen molar-refractivity contribution in [1.29, 1.82) is 0 Å². The third kappa shape index (κ3) is 4.44. The summed E-state index contributed by atoms with van der Waals surface area (Å²) in [5.74, 6) is -0.239. The van der Waals surface area contributed by atoms with Gasteiger partial charge in [0.05, 0.1) is 36.2 Å². The molecule has 0 bridgehead atoms. The first-order chi connectivity index (χ1) is 15.9. The minimum Gasteiger partial charge on any atom is -0.497 e. The van der Waals surface area contributed by atoms with Crippen molar-refractivity contribution in [3.8, 4) is 28.4 Å². The van der Waals surface area contributed by atoms with Crippen LogP contribution in [0, 0.1) is 0 Å². The topological polar surface area (TPSA) is 90.7 Å². The molecule has 0 saturated carbocycles. The van der Waals surface area contributed by atoms with Gasteiger partial charge in [0.1, 0.15) is 17.2 Å². The maximum absolute atomic E-state index is 13.2. The standard InChI is InChI=1S/C25H19ClN2O5/c1-32-18-8-3-15(4-9-18)23-14-22(27-28(23)17-6-10-19(33-2)11-7-17)24(29)16-5-12-21(26)20(13-16)25(30)31/h3-14H,1-2H3,(H,30,31). The van der Waals surface area contributed by atoms with Crippen molar-refractivity contribution >= 4 is 23.4 Å². The van der Waals surface area contributed by atoms with Crippen molar-refractivity contribution in [2.45, 2.75) is 0 Å². The fourth-order valence-corrected chi connectivity index (χ4v) is 3.56. The molecule has 1 aromatic heterocycles. The number of benzene rings is 3. The highest BCUT2D eigenvalue weighted by atomic mass is 35.5. The lowest BCUT2D eigenvalue weighted by atomic mass is 10.0. The molecule has 4 aromatic rings. The van der Waals surface area contributed by atoms with E-state index in [1.54, 1.807) is 37.1 Å². The monoisotopic (exact) mass is 462 g/mol. The number of ketones is 1. The molecular weight excluding hydrogens is 444 g/mol. The lowest BCUT2D eigenvalue weighted by molar-refractivity contribution is 0.0697. The van der Waals surface area contributed by atoms with Crippen LogP contribution in [0.15, 0.2) is 72.8 Å². The van der Waals surface area contributed by atoms with Crippen molar-refractivity contribution in [2.24, 2.45) is 0 Å². The molecule has 8 heteroatoms. The molecule has 0 atom stereocenters. The number of carbonyl (C=O) groups excluding carboxylic acids is 1. The molecule has 0 fully saturated rings. The van der Waals surface area contributed by atoms with E-state index in [1.807, 2.05) is 36.4 Å². The molecule has 7 nitrogen and oxygen atoms in total. The fraction of sp³-hybridized carbons (Fsp3) is 0.0800. The Bertz CT molecular complexity index is 1260. The van der Waals surface area contributed by atoms with E-state index in [0.29, 0.717) is 17.2 Å². The van der Waals surface area contributed by atoms with Crippen LogP contribution in [0.4, 0.5) is 0 Å². The summed E-state index contributed by atoms with van der Waals surface area (Å²) in [5, 5.41) is 13.9. The molecule has 1 heterocycles. The highest BCUT2D eigenvalue weighted by Crippen LogP contribution is 2.28. The van der Waals surface area contributed by atoms with E-state index in [1.165, 1.54) is 18.2 Å². The van der Waals surface area contributed by atoms with Gasteiger partial charge in [-0.3, -0.25) is 4.79 Å². The van der Waals surface area contributed by atoms with E-state index in [0.717, 1.165) is 11.3 Å². The molecule has 0 aliphatic rings. The van der Waals surface area contributed by atoms with Gasteiger partial charge in [-0.1, -0.05) is 11.6 Å². The van der Waals surface area contributed by atoms with Crippen LogP contribution in [-0.2, 0) is 0 Å². The van der Waals surface area contributed by atoms with Gasteiger partial charge in [-0.15, -0.1) is 0 Å². The minimum atomic E-state index is -1.21. The number of nitrogens with zero attached hydrogens (tertiary/aromatic N) is 2. The van der Waals surface area contributed by atoms with Gasteiger partial charge < -0.3 is 14.6 Å². The smallest absolute Gasteiger partial charge is 0.337 e. The maximum atomic E-state index is 13.2. The zero-order chi connectivity index (χ0) is 23.5. The average Bonchev–Trinajstić information content (AvgIpc) is 3.29. The number of ether oxygens (including phenoxy) is 2. The van der Waals surface area contributed by atoms with E-state index >= 15 is 0 Å². The summed E-state index contributed by atoms with van der Waals surface area (Å²) in [6.07, 6.45) is 0. The van der Waals surface area contributed by atoms with Crippen molar-refractivity contribution in [1.82, 2.24) is 9.78 Å². The number of rotatable bonds is 7. The molecule has 0 saturated heterocycles. The van der Waals surface area contributed by atoms with E-state index in [4.69, 9.17) is 21.1 Å². The zero-order valence-electron chi connectivity index (χ0n) is 17.8. The lowest BCUT2D eigenvalue weighted by Crippen LogP contribution is -2.07. The SMILES string of the molecule is COc1ccc(-c2cc(C(=O)c3ccc(Cl)c(C(=O)O)c3)nn2-c2ccc(OC)cc2)cc1. The Labute approximate surface area is 194 Å². The molecule has 0 aliphatic carbocycles. The number of methoxy groups -OCH3 is 2. The van der Waals surface area contributed by atoms with Gasteiger partial charge in [0, 0.05) is 11.1 Å². The second-order valence-electron chi connectivity index (χ2n) is 7.08. The summed E-state index contributed by atoms with van der Waals surface area (Å²) in [7, 11) is 3.17. The van der Waals surface area contributed by atoms with Gasteiger partial charge >= 0.3 is 5.97 Å². The molecule has 33 heavy (non-hydrogen) atoms. The molecule has 0 spiro atoms. The van der Waals surface area contributed by atoms with Gasteiger partial charge in [-0.2, -0.15) is 5.10 Å². The molecule has 3 aromatic carbocycles. The van der Waals surface area contributed by atoms with E-state index in [-0.39, 0.29) is 21.8 Å². The summed E-state index contributed by atoms with van der Waals surface area (Å²) in [4.78, 5) is 24.6. The first-order valence-electron chi connectivity index (χ1n) is 9.87. The van der Waals surface area contributed by atoms with E-state index < -0.39 is 11.8 Å². The van der Waals surface area contributed by atoms with E-state index in [2.05, 4.69) is 5.10 Å². The van der Waals surface area contributed by atoms with Crippen LogP contribution in [0.25, 0.3) is 16.9 Å². The minimum absolute atomic E-state index is 0.0572. The number of halogens is 1. The number of hydrogen-bond donors (Lipinski definition) is 1. The molecule has 1 N–H and O–H groups in total. The second kappa shape index (κ2) is 9.18. The largest absolute Gasteiger partial charge is 0.497 e. The first kappa shape index (κ1) is 22.1. The molecule has 0 radical (unpaired) electrons. The van der Waals surface area contributed by atoms with Crippen LogP contribution in [0.3, 0.4) is 0 Å². The summed E-state index contributed by atoms with van der Waals surface area (Å²) in [6.45, 7) is 0. The summed E-state index contributed by atoms with van der Waals surface area (Å²) in [5.41, 5.74) is 2.42. The first-order valence-corrected chi connectivity index (χ1v) is 10.3. The van der Waals surface area contributed by atoms with Crippen LogP contribution in [0.2, 0.25) is 5.02 Å². The number of carboxylic acid groups (broad SMARTS) is 1. The predicted molar refractivity (Wildman–Crippen MR) is 124 cm³/mol. The van der Waals surface area contributed by atoms with Gasteiger partial charge in [0.15, 0.2) is 0 Å². The number of aromatic carboxylic acids is 1. The van der Waals surface area contributed by atoms with Crippen LogP contribution in [0.5, 0.6) is 11.5 Å². The number of carbonyl (C=O) groups is 2. The highest BCUT2D eigenvalue weighted by molar-refractivity contribution is 6.33.